The van der Waals surface area contributed by atoms with Crippen LogP contribution in [0.3, 0.4) is 0 Å². The summed E-state index contributed by atoms with van der Waals surface area (Å²) in [6.45, 7) is 5.16. The molecule has 0 N–H and O–H groups in total. The van der Waals surface area contributed by atoms with E-state index >= 15 is 0 Å². The fraction of sp³-hybridized carbons (Fsp3) is 0.278. The molecular weight excluding hydrogens is 364 g/mol. The first-order valence-electron chi connectivity index (χ1n) is 8.55. The van der Waals surface area contributed by atoms with Gasteiger partial charge in [-0.15, -0.1) is 21.5 Å². The summed E-state index contributed by atoms with van der Waals surface area (Å²) in [5.74, 6) is 0.863. The molecule has 0 saturated carbocycles. The third kappa shape index (κ3) is 3.22. The molecule has 0 spiro atoms. The average Bonchev–Trinajstić information content (AvgIpc) is 3.28. The van der Waals surface area contributed by atoms with Crippen molar-refractivity contribution >= 4 is 33.3 Å². The predicted molar refractivity (Wildman–Crippen MR) is 104 cm³/mol. The highest BCUT2D eigenvalue weighted by Gasteiger charge is 2.17. The lowest BCUT2D eigenvalue weighted by atomic mass is 10.2. The van der Waals surface area contributed by atoms with E-state index in [1.165, 1.54) is 4.88 Å². The second-order valence-electron chi connectivity index (χ2n) is 5.76. The van der Waals surface area contributed by atoms with Gasteiger partial charge in [-0.1, -0.05) is 13.8 Å². The van der Waals surface area contributed by atoms with Crippen LogP contribution in [0.2, 0.25) is 0 Å². The van der Waals surface area contributed by atoms with Gasteiger partial charge in [0.1, 0.15) is 16.2 Å². The molecule has 0 bridgehead atoms. The van der Waals surface area contributed by atoms with Crippen molar-refractivity contribution in [2.75, 3.05) is 0 Å². The first-order chi connectivity index (χ1) is 12.8. The Morgan fingerprint density at radius 3 is 2.73 bits per heavy atom. The van der Waals surface area contributed by atoms with Crippen molar-refractivity contribution in [2.45, 2.75) is 43.4 Å². The van der Waals surface area contributed by atoms with E-state index in [0.29, 0.717) is 0 Å². The monoisotopic (exact) mass is 382 g/mol. The molecule has 0 radical (unpaired) electrons. The molecule has 0 aliphatic carbocycles. The summed E-state index contributed by atoms with van der Waals surface area (Å²) in [7, 11) is 0. The topological polar surface area (TPSA) is 69.4 Å². The van der Waals surface area contributed by atoms with Gasteiger partial charge in [0, 0.05) is 34.8 Å². The number of fused-ring (bicyclic) bond motifs is 1. The van der Waals surface area contributed by atoms with Crippen molar-refractivity contribution in [3.05, 3.63) is 41.8 Å². The maximum Gasteiger partial charge on any atom is 0.197 e. The van der Waals surface area contributed by atoms with Gasteiger partial charge in [0.15, 0.2) is 11.0 Å². The number of aryl methyl sites for hydroxylation is 1. The van der Waals surface area contributed by atoms with Gasteiger partial charge in [-0.3, -0.25) is 4.98 Å². The van der Waals surface area contributed by atoms with Crippen LogP contribution in [0.15, 0.2) is 47.1 Å². The zero-order valence-corrected chi connectivity index (χ0v) is 16.2. The Morgan fingerprint density at radius 1 is 1.12 bits per heavy atom. The lowest BCUT2D eigenvalue weighted by molar-refractivity contribution is 0.626. The Hall–Kier alpha value is -2.32. The molecule has 26 heavy (non-hydrogen) atoms. The lowest BCUT2D eigenvalue weighted by Crippen LogP contribution is -2.02. The van der Waals surface area contributed by atoms with Crippen LogP contribution in [0.4, 0.5) is 0 Å². The zero-order chi connectivity index (χ0) is 17.9. The SMILES string of the molecule is CCCn1c(Sc2ncnc3sc(CC)cc23)nnc1-c1ccncc1. The molecule has 0 aliphatic rings. The molecule has 4 aromatic heterocycles. The Morgan fingerprint density at radius 2 is 1.96 bits per heavy atom. The molecular formula is C18H18N6S2. The van der Waals surface area contributed by atoms with Crippen molar-refractivity contribution < 1.29 is 0 Å². The summed E-state index contributed by atoms with van der Waals surface area (Å²) < 4.78 is 2.15. The van der Waals surface area contributed by atoms with Crippen molar-refractivity contribution in [1.29, 1.82) is 0 Å². The summed E-state index contributed by atoms with van der Waals surface area (Å²) in [5.41, 5.74) is 1.02. The minimum absolute atomic E-state index is 0.850. The van der Waals surface area contributed by atoms with Gasteiger partial charge < -0.3 is 4.57 Å². The maximum absolute atomic E-state index is 4.50. The van der Waals surface area contributed by atoms with E-state index in [-0.39, 0.29) is 0 Å². The highest BCUT2D eigenvalue weighted by Crippen LogP contribution is 2.35. The zero-order valence-electron chi connectivity index (χ0n) is 14.6. The summed E-state index contributed by atoms with van der Waals surface area (Å²) in [5, 5.41) is 11.7. The molecule has 4 aromatic rings. The number of aromatic nitrogens is 6. The fourth-order valence-corrected chi connectivity index (χ4v) is 4.64. The van der Waals surface area contributed by atoms with Crippen LogP contribution < -0.4 is 0 Å². The number of thiophene rings is 1. The van der Waals surface area contributed by atoms with E-state index in [4.69, 9.17) is 0 Å². The summed E-state index contributed by atoms with van der Waals surface area (Å²) in [6, 6.07) is 6.10. The molecule has 0 aromatic carbocycles. The summed E-state index contributed by atoms with van der Waals surface area (Å²) in [4.78, 5) is 15.3. The average molecular weight is 383 g/mol. The van der Waals surface area contributed by atoms with Gasteiger partial charge in [-0.05, 0) is 42.8 Å². The second-order valence-corrected chi connectivity index (χ2v) is 7.83. The number of nitrogens with zero attached hydrogens (tertiary/aromatic N) is 6. The summed E-state index contributed by atoms with van der Waals surface area (Å²) in [6.07, 6.45) is 7.19. The van der Waals surface area contributed by atoms with Gasteiger partial charge in [-0.25, -0.2) is 9.97 Å². The Balaban J connectivity index is 1.75. The summed E-state index contributed by atoms with van der Waals surface area (Å²) >= 11 is 3.28. The third-order valence-electron chi connectivity index (χ3n) is 3.98. The van der Waals surface area contributed by atoms with Crippen LogP contribution >= 0.6 is 23.1 Å². The van der Waals surface area contributed by atoms with Gasteiger partial charge in [-0.2, -0.15) is 0 Å². The maximum atomic E-state index is 4.50. The first-order valence-corrected chi connectivity index (χ1v) is 10.2. The van der Waals surface area contributed by atoms with Crippen LogP contribution in [0.5, 0.6) is 0 Å². The van der Waals surface area contributed by atoms with Crippen LogP contribution in [-0.4, -0.2) is 29.7 Å². The van der Waals surface area contributed by atoms with E-state index in [9.17, 15) is 0 Å². The molecule has 132 valence electrons. The van der Waals surface area contributed by atoms with E-state index in [1.807, 2.05) is 12.1 Å². The van der Waals surface area contributed by atoms with E-state index in [1.54, 1.807) is 41.8 Å². The Kier molecular flexibility index (Phi) is 4.94. The Labute approximate surface area is 159 Å². The molecule has 0 amide bonds. The van der Waals surface area contributed by atoms with Crippen molar-refractivity contribution in [3.63, 3.8) is 0 Å². The lowest BCUT2D eigenvalue weighted by Gasteiger charge is -2.08. The highest BCUT2D eigenvalue weighted by atomic mass is 32.2. The standard InChI is InChI=1S/C18H18N6S2/c1-3-9-24-15(12-5-7-19-8-6-12)22-23-18(24)26-17-14-10-13(4-2)25-16(14)20-11-21-17/h5-8,10-11H,3-4,9H2,1-2H3. The first kappa shape index (κ1) is 17.1. The van der Waals surface area contributed by atoms with E-state index in [2.05, 4.69) is 49.6 Å². The van der Waals surface area contributed by atoms with Gasteiger partial charge in [0.05, 0.1) is 0 Å². The Bertz CT molecular complexity index is 1020. The minimum Gasteiger partial charge on any atom is -0.302 e. The van der Waals surface area contributed by atoms with Gasteiger partial charge >= 0.3 is 0 Å². The molecule has 0 unspecified atom stereocenters. The molecule has 0 saturated heterocycles. The number of hydrogen-bond donors (Lipinski definition) is 0. The predicted octanol–water partition coefficient (Wildman–Crippen LogP) is 4.47. The van der Waals surface area contributed by atoms with Crippen LogP contribution in [0, 0.1) is 0 Å². The third-order valence-corrected chi connectivity index (χ3v) is 6.17. The van der Waals surface area contributed by atoms with Gasteiger partial charge in [0.2, 0.25) is 0 Å². The molecule has 0 fully saturated rings. The molecule has 4 heterocycles. The quantitative estimate of drug-likeness (QED) is 0.458. The van der Waals surface area contributed by atoms with Crippen LogP contribution in [0.25, 0.3) is 21.6 Å². The number of pyridine rings is 1. The van der Waals surface area contributed by atoms with Crippen LogP contribution in [-0.2, 0) is 13.0 Å². The molecule has 0 aliphatic heterocycles. The normalized spacial score (nSPS) is 11.3. The second kappa shape index (κ2) is 7.51. The molecule has 6 nitrogen and oxygen atoms in total. The van der Waals surface area contributed by atoms with Crippen molar-refractivity contribution in [1.82, 2.24) is 29.7 Å². The molecule has 4 rings (SSSR count). The van der Waals surface area contributed by atoms with Crippen molar-refractivity contribution in [3.8, 4) is 11.4 Å². The van der Waals surface area contributed by atoms with Gasteiger partial charge in [0.25, 0.3) is 0 Å². The molecule has 0 atom stereocenters. The van der Waals surface area contributed by atoms with E-state index < -0.39 is 0 Å². The molecule has 8 heteroatoms. The van der Waals surface area contributed by atoms with Crippen molar-refractivity contribution in [2.24, 2.45) is 0 Å². The fourth-order valence-electron chi connectivity index (χ4n) is 2.73. The number of hydrogen-bond acceptors (Lipinski definition) is 7. The smallest absolute Gasteiger partial charge is 0.197 e. The van der Waals surface area contributed by atoms with E-state index in [0.717, 1.165) is 51.2 Å². The number of rotatable bonds is 6. The minimum atomic E-state index is 0.850. The van der Waals surface area contributed by atoms with Crippen LogP contribution in [0.1, 0.15) is 25.1 Å². The largest absolute Gasteiger partial charge is 0.302 e. The highest BCUT2D eigenvalue weighted by molar-refractivity contribution is 7.99.